The second-order valence-electron chi connectivity index (χ2n) is 6.84. The summed E-state index contributed by atoms with van der Waals surface area (Å²) >= 11 is 0. The van der Waals surface area contributed by atoms with E-state index in [0.717, 1.165) is 5.56 Å². The van der Waals surface area contributed by atoms with Gasteiger partial charge in [0.1, 0.15) is 35.9 Å². The zero-order chi connectivity index (χ0) is 21.8. The van der Waals surface area contributed by atoms with Gasteiger partial charge in [0.15, 0.2) is 11.5 Å². The molecule has 0 spiro atoms. The molecule has 1 heterocycles. The fraction of sp³-hybridized carbons (Fsp3) is 0.333. The number of methoxy groups -OCH3 is 1. The Morgan fingerprint density at radius 1 is 0.933 bits per heavy atom. The highest BCUT2D eigenvalue weighted by molar-refractivity contribution is 5.72. The largest absolute Gasteiger partial charge is 0.508 e. The van der Waals surface area contributed by atoms with Crippen LogP contribution in [0.3, 0.4) is 0 Å². The van der Waals surface area contributed by atoms with E-state index in [2.05, 4.69) is 0 Å². The third kappa shape index (κ3) is 4.84. The summed E-state index contributed by atoms with van der Waals surface area (Å²) in [7, 11) is 1.44. The molecule has 0 unspecified atom stereocenters. The van der Waals surface area contributed by atoms with Crippen LogP contribution < -0.4 is 9.47 Å². The molecule has 0 aliphatic carbocycles. The molecule has 5 atom stereocenters. The summed E-state index contributed by atoms with van der Waals surface area (Å²) < 4.78 is 15.9. The van der Waals surface area contributed by atoms with Crippen molar-refractivity contribution < 1.29 is 44.8 Å². The molecule has 2 aromatic rings. The lowest BCUT2D eigenvalue weighted by molar-refractivity contribution is -0.277. The fourth-order valence-electron chi connectivity index (χ4n) is 3.06. The quantitative estimate of drug-likeness (QED) is 0.366. The molecule has 162 valence electrons. The highest BCUT2D eigenvalue weighted by atomic mass is 16.7. The minimum absolute atomic E-state index is 0.0159. The number of phenols is 2. The second-order valence-corrected chi connectivity index (χ2v) is 6.84. The van der Waals surface area contributed by atoms with Gasteiger partial charge in [0.2, 0.25) is 6.29 Å². The van der Waals surface area contributed by atoms with Gasteiger partial charge in [-0.05, 0) is 35.4 Å². The van der Waals surface area contributed by atoms with Gasteiger partial charge < -0.3 is 44.8 Å². The first-order valence-corrected chi connectivity index (χ1v) is 9.18. The molecule has 1 aliphatic heterocycles. The van der Waals surface area contributed by atoms with Crippen LogP contribution in [0.1, 0.15) is 11.1 Å². The number of phenolic OH excluding ortho intramolecular Hbond substituents is 2. The monoisotopic (exact) mass is 420 g/mol. The Balaban J connectivity index is 1.78. The molecule has 9 heteroatoms. The molecular weight excluding hydrogens is 396 g/mol. The summed E-state index contributed by atoms with van der Waals surface area (Å²) in [5.41, 5.74) is 1.30. The van der Waals surface area contributed by atoms with E-state index in [4.69, 9.17) is 14.2 Å². The summed E-state index contributed by atoms with van der Waals surface area (Å²) in [6.07, 6.45) is -3.67. The van der Waals surface area contributed by atoms with E-state index in [9.17, 15) is 30.6 Å². The van der Waals surface area contributed by atoms with Crippen molar-refractivity contribution >= 4 is 12.2 Å². The predicted octanol–water partition coefficient (Wildman–Crippen LogP) is 0.455. The summed E-state index contributed by atoms with van der Waals surface area (Å²) in [5, 5.41) is 58.7. The van der Waals surface area contributed by atoms with E-state index in [1.165, 1.54) is 25.3 Å². The van der Waals surface area contributed by atoms with Gasteiger partial charge >= 0.3 is 0 Å². The van der Waals surface area contributed by atoms with Crippen LogP contribution in [0.2, 0.25) is 0 Å². The topological polar surface area (TPSA) is 149 Å². The normalized spacial score (nSPS) is 26.6. The molecule has 6 N–H and O–H groups in total. The lowest BCUT2D eigenvalue weighted by Crippen LogP contribution is -2.60. The maximum Gasteiger partial charge on any atom is 0.229 e. The van der Waals surface area contributed by atoms with Crippen molar-refractivity contribution in [1.29, 1.82) is 0 Å². The average Bonchev–Trinajstić information content (AvgIpc) is 2.73. The molecule has 1 saturated heterocycles. The van der Waals surface area contributed by atoms with Crippen LogP contribution in [0.15, 0.2) is 36.4 Å². The van der Waals surface area contributed by atoms with Crippen molar-refractivity contribution in [2.45, 2.75) is 30.7 Å². The summed E-state index contributed by atoms with van der Waals surface area (Å²) in [5.74, 6) is 0.365. The molecule has 2 aromatic carbocycles. The van der Waals surface area contributed by atoms with Crippen molar-refractivity contribution in [2.75, 3.05) is 13.7 Å². The van der Waals surface area contributed by atoms with Crippen LogP contribution in [0, 0.1) is 0 Å². The Morgan fingerprint density at radius 3 is 2.37 bits per heavy atom. The molecule has 0 aromatic heterocycles. The number of aliphatic hydroxyl groups excluding tert-OH is 4. The van der Waals surface area contributed by atoms with E-state index < -0.39 is 37.3 Å². The summed E-state index contributed by atoms with van der Waals surface area (Å²) in [6, 6.07) is 9.16. The standard InChI is InChI=1S/C21H24O9/c1-28-16-8-11(4-5-15(16)24)2-3-12-6-13(23)9-14(7-12)29-21-20(27)19(26)18(25)17(10-22)30-21/h2-9,17-27H,10H2,1H3/t17-,18-,19+,20-,21+/m1/s1. The Morgan fingerprint density at radius 2 is 1.67 bits per heavy atom. The SMILES string of the molecule is COc1cc(C=Cc2cc(O)cc(O[C@H]3O[C@H](CO)[C@@H](O)[C@H](O)[C@H]3O)c2)ccc1O. The molecule has 30 heavy (non-hydrogen) atoms. The van der Waals surface area contributed by atoms with Gasteiger partial charge in [-0.25, -0.2) is 0 Å². The second kappa shape index (κ2) is 9.33. The summed E-state index contributed by atoms with van der Waals surface area (Å²) in [6.45, 7) is -0.574. The van der Waals surface area contributed by atoms with Crippen molar-refractivity contribution in [3.63, 3.8) is 0 Å². The Labute approximate surface area is 172 Å². The first kappa shape index (κ1) is 21.9. The van der Waals surface area contributed by atoms with Crippen molar-refractivity contribution in [2.24, 2.45) is 0 Å². The molecule has 0 saturated carbocycles. The summed E-state index contributed by atoms with van der Waals surface area (Å²) in [4.78, 5) is 0. The maximum atomic E-state index is 10.1. The Hall–Kier alpha value is -2.82. The first-order valence-electron chi connectivity index (χ1n) is 9.18. The molecular formula is C21H24O9. The van der Waals surface area contributed by atoms with Crippen LogP contribution in [0.5, 0.6) is 23.0 Å². The van der Waals surface area contributed by atoms with Gasteiger partial charge in [0, 0.05) is 6.07 Å². The number of hydrogen-bond acceptors (Lipinski definition) is 9. The van der Waals surface area contributed by atoms with Gasteiger partial charge in [-0.15, -0.1) is 0 Å². The van der Waals surface area contributed by atoms with Crippen LogP contribution in [-0.2, 0) is 4.74 Å². The fourth-order valence-corrected chi connectivity index (χ4v) is 3.06. The van der Waals surface area contributed by atoms with Gasteiger partial charge in [0.05, 0.1) is 13.7 Å². The van der Waals surface area contributed by atoms with Gasteiger partial charge in [-0.3, -0.25) is 0 Å². The van der Waals surface area contributed by atoms with E-state index in [-0.39, 0.29) is 17.2 Å². The third-order valence-corrected chi connectivity index (χ3v) is 4.69. The van der Waals surface area contributed by atoms with E-state index in [0.29, 0.717) is 11.3 Å². The minimum Gasteiger partial charge on any atom is -0.508 e. The third-order valence-electron chi connectivity index (χ3n) is 4.69. The number of aliphatic hydroxyl groups is 4. The lowest BCUT2D eigenvalue weighted by Gasteiger charge is -2.39. The molecule has 1 aliphatic rings. The van der Waals surface area contributed by atoms with Gasteiger partial charge in [0.25, 0.3) is 0 Å². The smallest absolute Gasteiger partial charge is 0.229 e. The van der Waals surface area contributed by atoms with Crippen LogP contribution >= 0.6 is 0 Å². The number of aromatic hydroxyl groups is 2. The maximum absolute atomic E-state index is 10.1. The minimum atomic E-state index is -1.57. The molecule has 9 nitrogen and oxygen atoms in total. The van der Waals surface area contributed by atoms with Crippen LogP contribution in [0.4, 0.5) is 0 Å². The number of ether oxygens (including phenoxy) is 3. The van der Waals surface area contributed by atoms with Crippen molar-refractivity contribution in [1.82, 2.24) is 0 Å². The Bertz CT molecular complexity index is 896. The first-order chi connectivity index (χ1) is 14.3. The molecule has 0 bridgehead atoms. The predicted molar refractivity (Wildman–Crippen MR) is 106 cm³/mol. The molecule has 0 amide bonds. The van der Waals surface area contributed by atoms with Crippen molar-refractivity contribution in [3.05, 3.63) is 47.5 Å². The molecule has 1 fully saturated rings. The zero-order valence-corrected chi connectivity index (χ0v) is 16.1. The van der Waals surface area contributed by atoms with Crippen LogP contribution in [-0.4, -0.2) is 75.1 Å². The Kier molecular flexibility index (Phi) is 6.80. The van der Waals surface area contributed by atoms with Gasteiger partial charge in [-0.1, -0.05) is 18.2 Å². The number of rotatable bonds is 6. The van der Waals surface area contributed by atoms with Crippen molar-refractivity contribution in [3.8, 4) is 23.0 Å². The van der Waals surface area contributed by atoms with E-state index in [1.54, 1.807) is 30.4 Å². The van der Waals surface area contributed by atoms with Crippen LogP contribution in [0.25, 0.3) is 12.2 Å². The lowest BCUT2D eigenvalue weighted by atomic mass is 9.99. The zero-order valence-electron chi connectivity index (χ0n) is 16.1. The van der Waals surface area contributed by atoms with Gasteiger partial charge in [-0.2, -0.15) is 0 Å². The molecule has 0 radical (unpaired) electrons. The molecule has 3 rings (SSSR count). The highest BCUT2D eigenvalue weighted by Crippen LogP contribution is 2.30. The number of benzene rings is 2. The van der Waals surface area contributed by atoms with E-state index in [1.807, 2.05) is 0 Å². The average molecular weight is 420 g/mol. The highest BCUT2D eigenvalue weighted by Gasteiger charge is 2.44. The van der Waals surface area contributed by atoms with E-state index >= 15 is 0 Å². The number of hydrogen-bond donors (Lipinski definition) is 6.